The number of hydrogen-bond acceptors (Lipinski definition) is 5. The van der Waals surface area contributed by atoms with E-state index in [0.717, 1.165) is 21.7 Å². The lowest BCUT2D eigenvalue weighted by molar-refractivity contribution is 1.22. The molecule has 3 aromatic rings. The first-order valence-electron chi connectivity index (χ1n) is 6.43. The van der Waals surface area contributed by atoms with Gasteiger partial charge in [0.1, 0.15) is 10.6 Å². The van der Waals surface area contributed by atoms with Crippen LogP contribution in [-0.2, 0) is 0 Å². The number of aryl methyl sites for hydroxylation is 2. The van der Waals surface area contributed by atoms with Crippen molar-refractivity contribution in [3.63, 3.8) is 0 Å². The topological polar surface area (TPSA) is 37.8 Å². The van der Waals surface area contributed by atoms with Crippen LogP contribution in [0, 0.1) is 13.8 Å². The van der Waals surface area contributed by atoms with Gasteiger partial charge in [0.05, 0.1) is 5.39 Å². The number of thiophene rings is 1. The SMILES string of the molecule is CSc1cccc(Nc2nc(Cl)nc3sc(C)c(C)c23)c1. The molecule has 0 aliphatic rings. The summed E-state index contributed by atoms with van der Waals surface area (Å²) in [5.41, 5.74) is 2.20. The molecule has 1 aromatic carbocycles. The number of nitrogens with zero attached hydrogens (tertiary/aromatic N) is 2. The minimum absolute atomic E-state index is 0.271. The second-order valence-electron chi connectivity index (χ2n) is 4.66. The molecule has 0 amide bonds. The Labute approximate surface area is 136 Å². The van der Waals surface area contributed by atoms with Gasteiger partial charge >= 0.3 is 0 Å². The zero-order valence-corrected chi connectivity index (χ0v) is 14.3. The van der Waals surface area contributed by atoms with Gasteiger partial charge in [0.2, 0.25) is 5.28 Å². The molecule has 0 saturated heterocycles. The average Bonchev–Trinajstić information content (AvgIpc) is 2.74. The lowest BCUT2D eigenvalue weighted by atomic mass is 10.2. The van der Waals surface area contributed by atoms with Crippen LogP contribution in [0.3, 0.4) is 0 Å². The molecule has 0 aliphatic carbocycles. The summed E-state index contributed by atoms with van der Waals surface area (Å²) in [6.45, 7) is 4.18. The summed E-state index contributed by atoms with van der Waals surface area (Å²) < 4.78 is 0. The molecular weight excluding hydrogens is 322 g/mol. The van der Waals surface area contributed by atoms with Crippen LogP contribution in [0.5, 0.6) is 0 Å². The summed E-state index contributed by atoms with van der Waals surface area (Å²) in [5.74, 6) is 0.769. The van der Waals surface area contributed by atoms with Gasteiger partial charge in [-0.2, -0.15) is 4.98 Å². The van der Waals surface area contributed by atoms with Crippen molar-refractivity contribution in [2.75, 3.05) is 11.6 Å². The highest BCUT2D eigenvalue weighted by molar-refractivity contribution is 7.98. The van der Waals surface area contributed by atoms with Crippen molar-refractivity contribution in [2.24, 2.45) is 0 Å². The molecule has 3 nitrogen and oxygen atoms in total. The minimum Gasteiger partial charge on any atom is -0.340 e. The molecule has 21 heavy (non-hydrogen) atoms. The summed E-state index contributed by atoms with van der Waals surface area (Å²) in [5, 5.41) is 4.70. The first-order chi connectivity index (χ1) is 10.1. The number of rotatable bonds is 3. The third kappa shape index (κ3) is 2.86. The van der Waals surface area contributed by atoms with E-state index in [-0.39, 0.29) is 5.28 Å². The second kappa shape index (κ2) is 5.83. The monoisotopic (exact) mass is 335 g/mol. The Morgan fingerprint density at radius 3 is 2.81 bits per heavy atom. The van der Waals surface area contributed by atoms with Crippen molar-refractivity contribution in [1.29, 1.82) is 0 Å². The van der Waals surface area contributed by atoms with Crippen LogP contribution in [0.15, 0.2) is 29.2 Å². The second-order valence-corrected chi connectivity index (χ2v) is 7.08. The van der Waals surface area contributed by atoms with Crippen molar-refractivity contribution in [2.45, 2.75) is 18.7 Å². The number of anilines is 2. The quantitative estimate of drug-likeness (QED) is 0.511. The minimum atomic E-state index is 0.271. The fraction of sp³-hybridized carbons (Fsp3) is 0.200. The Hall–Kier alpha value is -1.30. The fourth-order valence-electron chi connectivity index (χ4n) is 2.15. The van der Waals surface area contributed by atoms with Gasteiger partial charge in [-0.1, -0.05) is 6.07 Å². The van der Waals surface area contributed by atoms with Crippen molar-refractivity contribution < 1.29 is 0 Å². The Bertz CT molecular complexity index is 814. The third-order valence-corrected chi connectivity index (χ3v) is 5.33. The maximum atomic E-state index is 6.05. The molecule has 2 aromatic heterocycles. The number of benzene rings is 1. The molecule has 3 rings (SSSR count). The fourth-order valence-corrected chi connectivity index (χ4v) is 3.86. The van der Waals surface area contributed by atoms with E-state index in [1.165, 1.54) is 15.3 Å². The lowest BCUT2D eigenvalue weighted by Crippen LogP contribution is -1.96. The standard InChI is InChI=1S/C15H14ClN3S2/c1-8-9(2)21-14-12(8)13(18-15(16)19-14)17-10-5-4-6-11(7-10)20-3/h4-7H,1-3H3,(H,17,18,19). The molecule has 0 aliphatic heterocycles. The summed E-state index contributed by atoms with van der Waals surface area (Å²) in [6, 6.07) is 8.23. The maximum absolute atomic E-state index is 6.05. The number of halogens is 1. The zero-order chi connectivity index (χ0) is 15.0. The highest BCUT2D eigenvalue weighted by Gasteiger charge is 2.14. The van der Waals surface area contributed by atoms with E-state index >= 15 is 0 Å². The number of hydrogen-bond donors (Lipinski definition) is 1. The van der Waals surface area contributed by atoms with Crippen LogP contribution in [-0.4, -0.2) is 16.2 Å². The summed E-state index contributed by atoms with van der Waals surface area (Å²) in [4.78, 5) is 12.1. The van der Waals surface area contributed by atoms with Crippen LogP contribution in [0.25, 0.3) is 10.2 Å². The summed E-state index contributed by atoms with van der Waals surface area (Å²) in [7, 11) is 0. The Morgan fingerprint density at radius 1 is 1.24 bits per heavy atom. The molecule has 0 spiro atoms. The predicted octanol–water partition coefficient (Wildman–Crippen LogP) is 5.43. The van der Waals surface area contributed by atoms with Gasteiger partial charge in [-0.3, -0.25) is 0 Å². The van der Waals surface area contributed by atoms with Crippen LogP contribution < -0.4 is 5.32 Å². The third-order valence-electron chi connectivity index (χ3n) is 3.33. The average molecular weight is 336 g/mol. The van der Waals surface area contributed by atoms with Gasteiger partial charge in [-0.05, 0) is 55.5 Å². The van der Waals surface area contributed by atoms with Crippen LogP contribution >= 0.6 is 34.7 Å². The molecule has 0 bridgehead atoms. The van der Waals surface area contributed by atoms with E-state index < -0.39 is 0 Å². The van der Waals surface area contributed by atoms with Crippen molar-refractivity contribution in [1.82, 2.24) is 9.97 Å². The van der Waals surface area contributed by atoms with E-state index in [4.69, 9.17) is 11.6 Å². The van der Waals surface area contributed by atoms with Gasteiger partial charge in [-0.15, -0.1) is 23.1 Å². The Balaban J connectivity index is 2.11. The van der Waals surface area contributed by atoms with E-state index in [9.17, 15) is 0 Å². The van der Waals surface area contributed by atoms with E-state index in [2.05, 4.69) is 47.5 Å². The number of thioether (sulfide) groups is 1. The summed E-state index contributed by atoms with van der Waals surface area (Å²) in [6.07, 6.45) is 2.06. The smallest absolute Gasteiger partial charge is 0.225 e. The molecular formula is C15H14ClN3S2. The first-order valence-corrected chi connectivity index (χ1v) is 8.84. The van der Waals surface area contributed by atoms with E-state index in [1.807, 2.05) is 12.1 Å². The number of nitrogens with one attached hydrogen (secondary N) is 1. The number of fused-ring (bicyclic) bond motifs is 1. The highest BCUT2D eigenvalue weighted by atomic mass is 35.5. The van der Waals surface area contributed by atoms with Crippen LogP contribution in [0.1, 0.15) is 10.4 Å². The molecule has 2 heterocycles. The lowest BCUT2D eigenvalue weighted by Gasteiger charge is -2.09. The van der Waals surface area contributed by atoms with Crippen LogP contribution in [0.4, 0.5) is 11.5 Å². The van der Waals surface area contributed by atoms with Crippen molar-refractivity contribution in [3.05, 3.63) is 40.0 Å². The number of aromatic nitrogens is 2. The predicted molar refractivity (Wildman–Crippen MR) is 93.4 cm³/mol. The highest BCUT2D eigenvalue weighted by Crippen LogP contribution is 2.35. The molecule has 0 fully saturated rings. The van der Waals surface area contributed by atoms with Gasteiger partial charge < -0.3 is 5.32 Å². The molecule has 0 atom stereocenters. The van der Waals surface area contributed by atoms with E-state index in [0.29, 0.717) is 0 Å². The largest absolute Gasteiger partial charge is 0.340 e. The zero-order valence-electron chi connectivity index (χ0n) is 11.9. The van der Waals surface area contributed by atoms with Crippen molar-refractivity contribution >= 4 is 56.4 Å². The molecule has 1 N–H and O–H groups in total. The van der Waals surface area contributed by atoms with Crippen molar-refractivity contribution in [3.8, 4) is 0 Å². The molecule has 6 heteroatoms. The molecule has 0 saturated carbocycles. The van der Waals surface area contributed by atoms with E-state index in [1.54, 1.807) is 23.1 Å². The molecule has 0 radical (unpaired) electrons. The van der Waals surface area contributed by atoms with Crippen LogP contribution in [0.2, 0.25) is 5.28 Å². The van der Waals surface area contributed by atoms with Gasteiger partial charge in [0.25, 0.3) is 0 Å². The summed E-state index contributed by atoms with van der Waals surface area (Å²) >= 11 is 9.41. The molecule has 108 valence electrons. The van der Waals surface area contributed by atoms with Gasteiger partial charge in [0, 0.05) is 15.5 Å². The maximum Gasteiger partial charge on any atom is 0.225 e. The first kappa shape index (κ1) is 14.6. The molecule has 0 unspecified atom stereocenters. The van der Waals surface area contributed by atoms with Gasteiger partial charge in [-0.25, -0.2) is 4.98 Å². The van der Waals surface area contributed by atoms with Gasteiger partial charge in [0.15, 0.2) is 0 Å². The Morgan fingerprint density at radius 2 is 2.05 bits per heavy atom. The Kier molecular flexibility index (Phi) is 4.06. The normalized spacial score (nSPS) is 11.0.